The van der Waals surface area contributed by atoms with Crippen molar-refractivity contribution < 1.29 is 18.4 Å². The predicted octanol–water partition coefficient (Wildman–Crippen LogP) is 4.76. The zero-order chi connectivity index (χ0) is 19.3. The maximum Gasteiger partial charge on any atom is 0.187 e. The summed E-state index contributed by atoms with van der Waals surface area (Å²) < 4.78 is 34.9. The molecule has 0 spiro atoms. The Balaban J connectivity index is 2.21. The molecule has 0 radical (unpaired) electrons. The molecule has 134 valence electrons. The quantitative estimate of drug-likeness (QED) is 0.556. The highest BCUT2D eigenvalue weighted by molar-refractivity contribution is 5.96. The number of fused-ring (bicyclic) bond motifs is 1. The summed E-state index contributed by atoms with van der Waals surface area (Å²) in [4.78, 5) is 0. The molecule has 0 amide bonds. The molecule has 0 saturated heterocycles. The van der Waals surface area contributed by atoms with Gasteiger partial charge < -0.3 is 14.2 Å². The first-order chi connectivity index (χ1) is 12.9. The number of rotatable bonds is 2. The van der Waals surface area contributed by atoms with Gasteiger partial charge in [-0.3, -0.25) is 0 Å². The second kappa shape index (κ2) is 5.95. The van der Waals surface area contributed by atoms with Crippen LogP contribution in [0.1, 0.15) is 17.0 Å². The van der Waals surface area contributed by atoms with Crippen molar-refractivity contribution in [3.8, 4) is 28.8 Å². The maximum atomic E-state index is 14.0. The molecule has 7 heteroatoms. The summed E-state index contributed by atoms with van der Waals surface area (Å²) in [5, 5.41) is 23.8. The molecule has 0 aliphatic heterocycles. The number of hydrogen-bond acceptors (Lipinski definition) is 4. The minimum atomic E-state index is -1.09. The van der Waals surface area contributed by atoms with Gasteiger partial charge in [-0.1, -0.05) is 23.4 Å². The smallest absolute Gasteiger partial charge is 0.187 e. The van der Waals surface area contributed by atoms with Gasteiger partial charge in [0.25, 0.3) is 0 Å². The lowest BCUT2D eigenvalue weighted by molar-refractivity contribution is 0.393. The topological polar surface area (TPSA) is 75.0 Å². The van der Waals surface area contributed by atoms with E-state index in [1.165, 1.54) is 0 Å². The minimum Gasteiger partial charge on any atom is -0.503 e. The number of aromatic hydroxyl groups is 1. The van der Waals surface area contributed by atoms with Crippen LogP contribution in [0, 0.1) is 36.8 Å². The molecule has 0 bridgehead atoms. The van der Waals surface area contributed by atoms with Gasteiger partial charge in [0.1, 0.15) is 11.8 Å². The third-order valence-electron chi connectivity index (χ3n) is 4.52. The Hall–Kier alpha value is -3.66. The Morgan fingerprint density at radius 2 is 1.81 bits per heavy atom. The van der Waals surface area contributed by atoms with Crippen LogP contribution in [0.5, 0.6) is 5.75 Å². The van der Waals surface area contributed by atoms with E-state index in [0.29, 0.717) is 39.2 Å². The molecule has 0 atom stereocenters. The van der Waals surface area contributed by atoms with Gasteiger partial charge in [-0.2, -0.15) is 5.26 Å². The number of aryl methyl sites for hydroxylation is 2. The summed E-state index contributed by atoms with van der Waals surface area (Å²) >= 11 is 0. The Morgan fingerprint density at radius 1 is 1.15 bits per heavy atom. The number of phenols is 1. The summed E-state index contributed by atoms with van der Waals surface area (Å²) in [6, 6.07) is 11.3. The minimum absolute atomic E-state index is 0.135. The van der Waals surface area contributed by atoms with Crippen molar-refractivity contribution in [1.82, 2.24) is 9.72 Å². The molecule has 2 heterocycles. The average Bonchev–Trinajstić information content (AvgIpc) is 3.15. The summed E-state index contributed by atoms with van der Waals surface area (Å²) in [6.07, 6.45) is 0. The lowest BCUT2D eigenvalue weighted by Gasteiger charge is -2.12. The van der Waals surface area contributed by atoms with E-state index in [0.717, 1.165) is 12.1 Å². The number of phenolic OH excluding ortho intramolecular Hbond substituents is 1. The lowest BCUT2D eigenvalue weighted by atomic mass is 10.0. The molecule has 4 aromatic rings. The number of benzene rings is 2. The Labute approximate surface area is 152 Å². The van der Waals surface area contributed by atoms with Crippen LogP contribution in [-0.4, -0.2) is 14.8 Å². The van der Waals surface area contributed by atoms with E-state index in [1.807, 2.05) is 0 Å². The summed E-state index contributed by atoms with van der Waals surface area (Å²) in [5.41, 5.74) is 2.63. The molecule has 0 aliphatic rings. The molecule has 2 aromatic carbocycles. The van der Waals surface area contributed by atoms with Crippen LogP contribution in [0.15, 0.2) is 40.9 Å². The molecule has 0 aliphatic carbocycles. The van der Waals surface area contributed by atoms with E-state index in [1.54, 1.807) is 42.7 Å². The van der Waals surface area contributed by atoms with E-state index in [-0.39, 0.29) is 5.69 Å². The molecular formula is C20H13F2N3O2. The fourth-order valence-corrected chi connectivity index (χ4v) is 3.36. The van der Waals surface area contributed by atoms with Crippen molar-refractivity contribution in [2.45, 2.75) is 13.8 Å². The predicted molar refractivity (Wildman–Crippen MR) is 94.5 cm³/mol. The van der Waals surface area contributed by atoms with E-state index < -0.39 is 17.4 Å². The average molecular weight is 365 g/mol. The van der Waals surface area contributed by atoms with Crippen molar-refractivity contribution in [2.75, 3.05) is 0 Å². The number of nitriles is 1. The third-order valence-corrected chi connectivity index (χ3v) is 4.52. The van der Waals surface area contributed by atoms with Gasteiger partial charge in [0.05, 0.1) is 33.7 Å². The van der Waals surface area contributed by atoms with Crippen LogP contribution >= 0.6 is 0 Å². The Morgan fingerprint density at radius 3 is 2.41 bits per heavy atom. The van der Waals surface area contributed by atoms with Crippen molar-refractivity contribution >= 4 is 10.9 Å². The third kappa shape index (κ3) is 2.38. The molecule has 0 saturated carbocycles. The SMILES string of the molecule is Cc1noc(C)c1-c1c(C#N)c2ccccc2n1-c1cc(F)c(O)c(F)c1. The molecular weight excluding hydrogens is 352 g/mol. The van der Waals surface area contributed by atoms with Gasteiger partial charge in [-0.15, -0.1) is 0 Å². The standard InChI is InChI=1S/C20H13F2N3O2/c1-10-18(11(2)27-24-10)19-14(9-23)13-5-3-4-6-17(13)25(19)12-7-15(21)20(26)16(22)8-12/h3-8,26H,1-2H3. The first-order valence-corrected chi connectivity index (χ1v) is 8.09. The zero-order valence-corrected chi connectivity index (χ0v) is 14.4. The second-order valence-electron chi connectivity index (χ2n) is 6.15. The van der Waals surface area contributed by atoms with Gasteiger partial charge in [0, 0.05) is 17.5 Å². The van der Waals surface area contributed by atoms with Crippen molar-refractivity contribution in [2.24, 2.45) is 0 Å². The Bertz CT molecular complexity index is 1210. The number of nitrogens with zero attached hydrogens (tertiary/aromatic N) is 3. The fraction of sp³-hybridized carbons (Fsp3) is 0.100. The van der Waals surface area contributed by atoms with Crippen LogP contribution < -0.4 is 0 Å². The molecule has 1 N–H and O–H groups in total. The lowest BCUT2D eigenvalue weighted by Crippen LogP contribution is -2.01. The normalized spacial score (nSPS) is 11.1. The van der Waals surface area contributed by atoms with Crippen molar-refractivity contribution in [1.29, 1.82) is 5.26 Å². The molecule has 0 unspecified atom stereocenters. The molecule has 2 aromatic heterocycles. The van der Waals surface area contributed by atoms with Crippen molar-refractivity contribution in [3.63, 3.8) is 0 Å². The monoisotopic (exact) mass is 365 g/mol. The number of halogens is 2. The second-order valence-corrected chi connectivity index (χ2v) is 6.15. The van der Waals surface area contributed by atoms with Gasteiger partial charge in [-0.25, -0.2) is 8.78 Å². The largest absolute Gasteiger partial charge is 0.503 e. The van der Waals surface area contributed by atoms with Crippen LogP contribution in [0.3, 0.4) is 0 Å². The highest BCUT2D eigenvalue weighted by Gasteiger charge is 2.25. The van der Waals surface area contributed by atoms with E-state index in [2.05, 4.69) is 11.2 Å². The van der Waals surface area contributed by atoms with Crippen LogP contribution in [0.25, 0.3) is 27.8 Å². The van der Waals surface area contributed by atoms with E-state index >= 15 is 0 Å². The summed E-state index contributed by atoms with van der Waals surface area (Å²) in [5.74, 6) is -2.75. The molecule has 0 fully saturated rings. The van der Waals surface area contributed by atoms with E-state index in [9.17, 15) is 19.1 Å². The summed E-state index contributed by atoms with van der Waals surface area (Å²) in [7, 11) is 0. The number of hydrogen-bond donors (Lipinski definition) is 1. The molecule has 5 nitrogen and oxygen atoms in total. The van der Waals surface area contributed by atoms with Gasteiger partial charge in [-0.05, 0) is 19.9 Å². The number of para-hydroxylation sites is 1. The van der Waals surface area contributed by atoms with E-state index in [4.69, 9.17) is 4.52 Å². The Kier molecular flexibility index (Phi) is 3.70. The van der Waals surface area contributed by atoms with Crippen LogP contribution in [0.2, 0.25) is 0 Å². The first-order valence-electron chi connectivity index (χ1n) is 8.09. The van der Waals surface area contributed by atoms with Crippen molar-refractivity contribution in [3.05, 3.63) is 65.1 Å². The van der Waals surface area contributed by atoms with Gasteiger partial charge in [0.15, 0.2) is 17.4 Å². The van der Waals surface area contributed by atoms with Crippen LogP contribution in [0.4, 0.5) is 8.78 Å². The highest BCUT2D eigenvalue weighted by Crippen LogP contribution is 2.39. The highest BCUT2D eigenvalue weighted by atomic mass is 19.1. The summed E-state index contributed by atoms with van der Waals surface area (Å²) in [6.45, 7) is 3.43. The van der Waals surface area contributed by atoms with Gasteiger partial charge >= 0.3 is 0 Å². The zero-order valence-electron chi connectivity index (χ0n) is 14.4. The fourth-order valence-electron chi connectivity index (χ4n) is 3.36. The molecule has 27 heavy (non-hydrogen) atoms. The maximum absolute atomic E-state index is 14.0. The first kappa shape index (κ1) is 16.8. The van der Waals surface area contributed by atoms with Gasteiger partial charge in [0.2, 0.25) is 0 Å². The number of aromatic nitrogens is 2. The van der Waals surface area contributed by atoms with Crippen LogP contribution in [-0.2, 0) is 0 Å². The molecule has 4 rings (SSSR count).